The minimum atomic E-state index is -4.83. The van der Waals surface area contributed by atoms with Crippen LogP contribution in [0.2, 0.25) is 0 Å². The Labute approximate surface area is 142 Å². The van der Waals surface area contributed by atoms with Crippen molar-refractivity contribution in [1.29, 1.82) is 0 Å². The van der Waals surface area contributed by atoms with Gasteiger partial charge in [-0.1, -0.05) is 30.3 Å². The van der Waals surface area contributed by atoms with Crippen LogP contribution in [0.15, 0.2) is 42.5 Å². The first-order valence-corrected chi connectivity index (χ1v) is 8.00. The van der Waals surface area contributed by atoms with Crippen molar-refractivity contribution in [3.63, 3.8) is 0 Å². The topological polar surface area (TPSA) is 43.1 Å². The molecular weight excluding hydrogens is 334 g/mol. The Kier molecular flexibility index (Phi) is 4.54. The monoisotopic (exact) mass is 351 g/mol. The molecule has 2 nitrogen and oxygen atoms in total. The Balaban J connectivity index is 1.87. The fourth-order valence-electron chi connectivity index (χ4n) is 2.94. The smallest absolute Gasteiger partial charge is 0.369 e. The average molecular weight is 351 g/mol. The molecule has 1 amide bonds. The molecule has 0 heterocycles. The molecule has 3 rings (SSSR count). The molecule has 1 aliphatic carbocycles. The Morgan fingerprint density at radius 1 is 1.12 bits per heavy atom. The molecule has 1 fully saturated rings. The normalized spacial score (nSPS) is 15.8. The van der Waals surface area contributed by atoms with Crippen LogP contribution in [0.4, 0.5) is 17.6 Å². The predicted molar refractivity (Wildman–Crippen MR) is 85.5 cm³/mol. The highest BCUT2D eigenvalue weighted by Gasteiger charge is 2.35. The van der Waals surface area contributed by atoms with Crippen molar-refractivity contribution < 1.29 is 22.4 Å². The predicted octanol–water partition coefficient (Wildman–Crippen LogP) is 4.53. The third-order valence-electron chi connectivity index (χ3n) is 4.51. The SMILES string of the molecule is NC(=O)C(Cc1ccc(C2CC2)cc1)c1ccc(F)c(C(F)(F)F)c1. The molecule has 0 bridgehead atoms. The van der Waals surface area contributed by atoms with Crippen molar-refractivity contribution in [2.24, 2.45) is 5.73 Å². The van der Waals surface area contributed by atoms with Crippen LogP contribution in [0.1, 0.15) is 46.9 Å². The van der Waals surface area contributed by atoms with Gasteiger partial charge in [-0.05, 0) is 54.0 Å². The average Bonchev–Trinajstić information content (AvgIpc) is 3.37. The summed E-state index contributed by atoms with van der Waals surface area (Å²) in [6.07, 6.45) is -2.32. The van der Waals surface area contributed by atoms with Crippen LogP contribution in [-0.4, -0.2) is 5.91 Å². The van der Waals surface area contributed by atoms with Crippen molar-refractivity contribution in [3.05, 3.63) is 70.5 Å². The molecular formula is C19H17F4NO. The summed E-state index contributed by atoms with van der Waals surface area (Å²) in [5.74, 6) is -2.47. The first-order valence-electron chi connectivity index (χ1n) is 8.00. The lowest BCUT2D eigenvalue weighted by Gasteiger charge is -2.17. The molecule has 1 saturated carbocycles. The number of nitrogens with two attached hydrogens (primary N) is 1. The zero-order valence-electron chi connectivity index (χ0n) is 13.3. The maximum absolute atomic E-state index is 13.4. The summed E-state index contributed by atoms with van der Waals surface area (Å²) >= 11 is 0. The maximum Gasteiger partial charge on any atom is 0.419 e. The van der Waals surface area contributed by atoms with Gasteiger partial charge in [-0.15, -0.1) is 0 Å². The molecule has 0 spiro atoms. The minimum absolute atomic E-state index is 0.0625. The molecule has 0 aliphatic heterocycles. The Hall–Kier alpha value is -2.37. The van der Waals surface area contributed by atoms with Gasteiger partial charge in [0.1, 0.15) is 5.82 Å². The second-order valence-corrected chi connectivity index (χ2v) is 6.41. The van der Waals surface area contributed by atoms with E-state index in [1.54, 1.807) is 0 Å². The highest BCUT2D eigenvalue weighted by atomic mass is 19.4. The Morgan fingerprint density at radius 2 is 1.76 bits per heavy atom. The maximum atomic E-state index is 13.4. The fraction of sp³-hybridized carbons (Fsp3) is 0.316. The van der Waals surface area contributed by atoms with E-state index < -0.39 is 29.4 Å². The van der Waals surface area contributed by atoms with Gasteiger partial charge in [-0.3, -0.25) is 4.79 Å². The van der Waals surface area contributed by atoms with Crippen LogP contribution in [0.5, 0.6) is 0 Å². The molecule has 1 unspecified atom stereocenters. The fourth-order valence-corrected chi connectivity index (χ4v) is 2.94. The van der Waals surface area contributed by atoms with Crippen LogP contribution >= 0.6 is 0 Å². The first kappa shape index (κ1) is 17.5. The Bertz CT molecular complexity index is 779. The largest absolute Gasteiger partial charge is 0.419 e. The molecule has 2 aromatic rings. The van der Waals surface area contributed by atoms with Crippen LogP contribution in [0, 0.1) is 5.82 Å². The van der Waals surface area contributed by atoms with Gasteiger partial charge in [0, 0.05) is 0 Å². The lowest BCUT2D eigenvalue weighted by molar-refractivity contribution is -0.140. The van der Waals surface area contributed by atoms with Gasteiger partial charge < -0.3 is 5.73 Å². The van der Waals surface area contributed by atoms with Crippen LogP contribution in [0.25, 0.3) is 0 Å². The summed E-state index contributed by atoms with van der Waals surface area (Å²) in [6.45, 7) is 0. The van der Waals surface area contributed by atoms with Gasteiger partial charge >= 0.3 is 6.18 Å². The lowest BCUT2D eigenvalue weighted by atomic mass is 9.89. The summed E-state index contributed by atoms with van der Waals surface area (Å²) < 4.78 is 52.1. The first-order chi connectivity index (χ1) is 11.8. The van der Waals surface area contributed by atoms with Gasteiger partial charge in [-0.25, -0.2) is 4.39 Å². The summed E-state index contributed by atoms with van der Waals surface area (Å²) in [7, 11) is 0. The number of benzene rings is 2. The molecule has 6 heteroatoms. The molecule has 0 saturated heterocycles. The van der Waals surface area contributed by atoms with E-state index in [2.05, 4.69) is 0 Å². The molecule has 1 aliphatic rings. The van der Waals surface area contributed by atoms with Crippen molar-refractivity contribution in [2.75, 3.05) is 0 Å². The second kappa shape index (κ2) is 6.50. The van der Waals surface area contributed by atoms with Crippen LogP contribution in [-0.2, 0) is 17.4 Å². The number of hydrogen-bond acceptors (Lipinski definition) is 1. The molecule has 0 radical (unpaired) electrons. The van der Waals surface area contributed by atoms with E-state index in [1.807, 2.05) is 24.3 Å². The van der Waals surface area contributed by atoms with Gasteiger partial charge in [0.25, 0.3) is 0 Å². The summed E-state index contributed by atoms with van der Waals surface area (Å²) in [4.78, 5) is 11.8. The summed E-state index contributed by atoms with van der Waals surface area (Å²) in [6, 6.07) is 10.2. The quantitative estimate of drug-likeness (QED) is 0.790. The third-order valence-corrected chi connectivity index (χ3v) is 4.51. The van der Waals surface area contributed by atoms with E-state index in [-0.39, 0.29) is 12.0 Å². The standard InChI is InChI=1S/C19H17F4NO/c20-17-8-7-14(10-16(17)19(21,22)23)15(18(24)25)9-11-1-3-12(4-2-11)13-5-6-13/h1-4,7-8,10,13,15H,5-6,9H2,(H2,24,25). The third kappa shape index (κ3) is 4.00. The van der Waals surface area contributed by atoms with E-state index in [4.69, 9.17) is 5.73 Å². The van der Waals surface area contributed by atoms with Gasteiger partial charge in [0.05, 0.1) is 11.5 Å². The number of halogens is 4. The van der Waals surface area contributed by atoms with E-state index in [9.17, 15) is 22.4 Å². The minimum Gasteiger partial charge on any atom is -0.369 e. The van der Waals surface area contributed by atoms with Gasteiger partial charge in [0.15, 0.2) is 0 Å². The molecule has 132 valence electrons. The van der Waals surface area contributed by atoms with Crippen molar-refractivity contribution in [2.45, 2.75) is 37.3 Å². The highest BCUT2D eigenvalue weighted by molar-refractivity contribution is 5.82. The number of rotatable bonds is 5. The molecule has 0 aromatic heterocycles. The van der Waals surface area contributed by atoms with E-state index in [0.29, 0.717) is 12.0 Å². The lowest BCUT2D eigenvalue weighted by Crippen LogP contribution is -2.24. The van der Waals surface area contributed by atoms with Crippen molar-refractivity contribution in [3.8, 4) is 0 Å². The van der Waals surface area contributed by atoms with Crippen LogP contribution < -0.4 is 5.73 Å². The van der Waals surface area contributed by atoms with E-state index in [1.165, 1.54) is 24.5 Å². The number of amides is 1. The second-order valence-electron chi connectivity index (χ2n) is 6.41. The van der Waals surface area contributed by atoms with Crippen molar-refractivity contribution >= 4 is 5.91 Å². The Morgan fingerprint density at radius 3 is 2.28 bits per heavy atom. The van der Waals surface area contributed by atoms with Crippen LogP contribution in [0.3, 0.4) is 0 Å². The summed E-state index contributed by atoms with van der Waals surface area (Å²) in [5, 5.41) is 0. The van der Waals surface area contributed by atoms with Gasteiger partial charge in [-0.2, -0.15) is 13.2 Å². The van der Waals surface area contributed by atoms with E-state index >= 15 is 0 Å². The number of primary amides is 1. The molecule has 2 aromatic carbocycles. The molecule has 2 N–H and O–H groups in total. The summed E-state index contributed by atoms with van der Waals surface area (Å²) in [5.41, 5.74) is 6.08. The zero-order chi connectivity index (χ0) is 18.2. The number of carbonyl (C=O) groups is 1. The molecule has 25 heavy (non-hydrogen) atoms. The zero-order valence-corrected chi connectivity index (χ0v) is 13.3. The molecule has 1 atom stereocenters. The number of carbonyl (C=O) groups excluding carboxylic acids is 1. The number of hydrogen-bond donors (Lipinski definition) is 1. The van der Waals surface area contributed by atoms with Crippen molar-refractivity contribution in [1.82, 2.24) is 0 Å². The highest BCUT2D eigenvalue weighted by Crippen LogP contribution is 2.40. The van der Waals surface area contributed by atoms with E-state index in [0.717, 1.165) is 11.6 Å². The van der Waals surface area contributed by atoms with Gasteiger partial charge in [0.2, 0.25) is 5.91 Å². The number of alkyl halides is 3.